The molecule has 7 heteroatoms. The molecule has 1 aliphatic heterocycles. The number of hydrogen-bond donors (Lipinski definition) is 1. The normalized spacial score (nSPS) is 19.2. The molecule has 2 heterocycles. The molecule has 2 amide bonds. The largest absolute Gasteiger partial charge is 0.344 e. The molecule has 18 heavy (non-hydrogen) atoms. The summed E-state index contributed by atoms with van der Waals surface area (Å²) in [5.41, 5.74) is 0.284. The molecule has 1 aromatic rings. The second-order valence-corrected chi connectivity index (χ2v) is 4.84. The minimum absolute atomic E-state index is 0.0867. The van der Waals surface area contributed by atoms with Gasteiger partial charge in [0.05, 0.1) is 10.6 Å². The predicted molar refractivity (Wildman–Crippen MR) is 67.8 cm³/mol. The van der Waals surface area contributed by atoms with E-state index in [1.54, 1.807) is 11.9 Å². The summed E-state index contributed by atoms with van der Waals surface area (Å²) in [6.07, 6.45) is 1.93. The number of nitrogens with one attached hydrogen (secondary N) is 1. The van der Waals surface area contributed by atoms with E-state index in [2.05, 4.69) is 10.3 Å². The van der Waals surface area contributed by atoms with Gasteiger partial charge < -0.3 is 10.2 Å². The number of amides is 2. The van der Waals surface area contributed by atoms with Crippen LogP contribution in [0.2, 0.25) is 10.2 Å². The van der Waals surface area contributed by atoms with Crippen LogP contribution in [0.25, 0.3) is 0 Å². The second-order valence-electron chi connectivity index (χ2n) is 4.07. The minimum atomic E-state index is -0.475. The number of halogens is 2. The van der Waals surface area contributed by atoms with Gasteiger partial charge in [-0.15, -0.1) is 0 Å². The van der Waals surface area contributed by atoms with Crippen molar-refractivity contribution >= 4 is 35.0 Å². The molecular weight excluding hydrogens is 277 g/mol. The van der Waals surface area contributed by atoms with E-state index in [1.165, 1.54) is 12.3 Å². The van der Waals surface area contributed by atoms with Crippen LogP contribution >= 0.6 is 23.2 Å². The van der Waals surface area contributed by atoms with Gasteiger partial charge >= 0.3 is 0 Å². The Hall–Kier alpha value is -1.33. The van der Waals surface area contributed by atoms with E-state index in [0.29, 0.717) is 13.0 Å². The first-order valence-electron chi connectivity index (χ1n) is 5.36. The molecule has 1 saturated heterocycles. The number of pyridine rings is 1. The lowest BCUT2D eigenvalue weighted by Crippen LogP contribution is -2.40. The highest BCUT2D eigenvalue weighted by Gasteiger charge is 2.30. The van der Waals surface area contributed by atoms with E-state index in [9.17, 15) is 9.59 Å². The van der Waals surface area contributed by atoms with Crippen molar-refractivity contribution in [2.45, 2.75) is 12.5 Å². The summed E-state index contributed by atoms with van der Waals surface area (Å²) in [4.78, 5) is 28.9. The van der Waals surface area contributed by atoms with Gasteiger partial charge in [-0.1, -0.05) is 23.2 Å². The second kappa shape index (κ2) is 5.12. The zero-order valence-corrected chi connectivity index (χ0v) is 11.1. The number of hydrogen-bond acceptors (Lipinski definition) is 3. The van der Waals surface area contributed by atoms with Crippen LogP contribution in [0.15, 0.2) is 12.3 Å². The summed E-state index contributed by atoms with van der Waals surface area (Å²) in [5, 5.41) is 3.00. The molecule has 1 aliphatic rings. The van der Waals surface area contributed by atoms with Crippen LogP contribution in [-0.2, 0) is 4.79 Å². The average Bonchev–Trinajstić information content (AvgIpc) is 2.64. The monoisotopic (exact) mass is 287 g/mol. The van der Waals surface area contributed by atoms with Crippen molar-refractivity contribution in [3.8, 4) is 0 Å². The van der Waals surface area contributed by atoms with Crippen molar-refractivity contribution in [1.29, 1.82) is 0 Å². The van der Waals surface area contributed by atoms with Gasteiger partial charge in [0.25, 0.3) is 5.91 Å². The van der Waals surface area contributed by atoms with E-state index in [1.807, 2.05) is 0 Å². The van der Waals surface area contributed by atoms with Crippen LogP contribution in [0.3, 0.4) is 0 Å². The van der Waals surface area contributed by atoms with Crippen LogP contribution in [0.1, 0.15) is 16.8 Å². The number of aromatic nitrogens is 1. The number of carbonyl (C=O) groups is 2. The fourth-order valence-electron chi connectivity index (χ4n) is 1.74. The zero-order chi connectivity index (χ0) is 13.3. The summed E-state index contributed by atoms with van der Waals surface area (Å²) in [7, 11) is 1.70. The van der Waals surface area contributed by atoms with Crippen LogP contribution in [0.5, 0.6) is 0 Å². The Labute approximate surface area is 114 Å². The molecule has 1 unspecified atom stereocenters. The summed E-state index contributed by atoms with van der Waals surface area (Å²) >= 11 is 11.4. The number of rotatable bonds is 2. The molecule has 1 fully saturated rings. The van der Waals surface area contributed by atoms with Crippen molar-refractivity contribution in [2.75, 3.05) is 13.6 Å². The quantitative estimate of drug-likeness (QED) is 0.836. The molecule has 0 bridgehead atoms. The van der Waals surface area contributed by atoms with E-state index in [4.69, 9.17) is 23.2 Å². The number of likely N-dealkylation sites (tertiary alicyclic amines) is 1. The first kappa shape index (κ1) is 13.1. The molecule has 0 saturated carbocycles. The van der Waals surface area contributed by atoms with Crippen molar-refractivity contribution in [3.63, 3.8) is 0 Å². The molecule has 0 aromatic carbocycles. The molecule has 0 spiro atoms. The van der Waals surface area contributed by atoms with Crippen molar-refractivity contribution in [1.82, 2.24) is 15.2 Å². The topological polar surface area (TPSA) is 62.3 Å². The molecular formula is C11H11Cl2N3O2. The third-order valence-corrected chi connectivity index (χ3v) is 3.48. The maximum absolute atomic E-state index is 11.9. The van der Waals surface area contributed by atoms with Gasteiger partial charge in [0.2, 0.25) is 5.91 Å². The maximum atomic E-state index is 11.9. The first-order chi connectivity index (χ1) is 8.49. The Balaban J connectivity index is 2.08. The lowest BCUT2D eigenvalue weighted by molar-refractivity contribution is -0.128. The number of likely N-dealkylation sites (N-methyl/N-ethyl adjacent to an activating group) is 1. The fourth-order valence-corrected chi connectivity index (χ4v) is 2.01. The molecule has 1 aromatic heterocycles. The Morgan fingerprint density at radius 3 is 2.83 bits per heavy atom. The molecule has 2 rings (SSSR count). The highest BCUT2D eigenvalue weighted by molar-refractivity contribution is 6.41. The highest BCUT2D eigenvalue weighted by atomic mass is 35.5. The Bertz CT molecular complexity index is 507. The third-order valence-electron chi connectivity index (χ3n) is 2.79. The number of carbonyl (C=O) groups excluding carboxylic acids is 2. The number of nitrogens with zero attached hydrogens (tertiary/aromatic N) is 2. The third kappa shape index (κ3) is 2.57. The molecule has 0 aliphatic carbocycles. The summed E-state index contributed by atoms with van der Waals surface area (Å²) < 4.78 is 0. The van der Waals surface area contributed by atoms with E-state index < -0.39 is 6.04 Å². The minimum Gasteiger partial charge on any atom is -0.344 e. The van der Waals surface area contributed by atoms with E-state index in [-0.39, 0.29) is 27.6 Å². The van der Waals surface area contributed by atoms with Crippen LogP contribution in [-0.4, -0.2) is 41.3 Å². The van der Waals surface area contributed by atoms with Crippen molar-refractivity contribution in [3.05, 3.63) is 28.0 Å². The highest BCUT2D eigenvalue weighted by Crippen LogP contribution is 2.20. The molecule has 5 nitrogen and oxygen atoms in total. The standard InChI is InChI=1S/C11H11Cl2N3O2/c1-16-3-2-8(11(16)18)15-10(17)6-4-7(12)9(13)14-5-6/h4-5,8H,2-3H2,1H3,(H,15,17). The van der Waals surface area contributed by atoms with Crippen LogP contribution in [0, 0.1) is 0 Å². The lowest BCUT2D eigenvalue weighted by atomic mass is 10.2. The summed E-state index contributed by atoms with van der Waals surface area (Å²) in [5.74, 6) is -0.467. The first-order valence-corrected chi connectivity index (χ1v) is 6.11. The van der Waals surface area contributed by atoms with E-state index in [0.717, 1.165) is 0 Å². The van der Waals surface area contributed by atoms with E-state index >= 15 is 0 Å². The van der Waals surface area contributed by atoms with Gasteiger partial charge in [-0.05, 0) is 12.5 Å². The van der Waals surface area contributed by atoms with Gasteiger partial charge in [0.15, 0.2) is 0 Å². The Morgan fingerprint density at radius 2 is 2.28 bits per heavy atom. The van der Waals surface area contributed by atoms with Gasteiger partial charge in [0.1, 0.15) is 11.2 Å². The van der Waals surface area contributed by atoms with Gasteiger partial charge in [-0.3, -0.25) is 9.59 Å². The Kier molecular flexibility index (Phi) is 3.73. The molecule has 1 N–H and O–H groups in total. The molecule has 96 valence electrons. The smallest absolute Gasteiger partial charge is 0.253 e. The molecule has 0 radical (unpaired) electrons. The lowest BCUT2D eigenvalue weighted by Gasteiger charge is -2.12. The SMILES string of the molecule is CN1CCC(NC(=O)c2cnc(Cl)c(Cl)c2)C1=O. The Morgan fingerprint density at radius 1 is 1.56 bits per heavy atom. The predicted octanol–water partition coefficient (Wildman–Crippen LogP) is 1.35. The van der Waals surface area contributed by atoms with Gasteiger partial charge in [-0.25, -0.2) is 4.98 Å². The summed E-state index contributed by atoms with van der Waals surface area (Å²) in [6, 6.07) is 0.951. The van der Waals surface area contributed by atoms with Gasteiger partial charge in [0, 0.05) is 19.8 Å². The average molecular weight is 288 g/mol. The van der Waals surface area contributed by atoms with Gasteiger partial charge in [-0.2, -0.15) is 0 Å². The molecule has 1 atom stereocenters. The fraction of sp³-hybridized carbons (Fsp3) is 0.364. The van der Waals surface area contributed by atoms with Crippen molar-refractivity contribution in [2.24, 2.45) is 0 Å². The summed E-state index contributed by atoms with van der Waals surface area (Å²) in [6.45, 7) is 0.642. The zero-order valence-electron chi connectivity index (χ0n) is 9.61. The van der Waals surface area contributed by atoms with Crippen molar-refractivity contribution < 1.29 is 9.59 Å². The van der Waals surface area contributed by atoms with Crippen LogP contribution < -0.4 is 5.32 Å². The van der Waals surface area contributed by atoms with Crippen LogP contribution in [0.4, 0.5) is 0 Å². The maximum Gasteiger partial charge on any atom is 0.253 e.